The van der Waals surface area contributed by atoms with Gasteiger partial charge in [0.05, 0.1) is 0 Å². The Morgan fingerprint density at radius 2 is 1.95 bits per heavy atom. The summed E-state index contributed by atoms with van der Waals surface area (Å²) in [5.41, 5.74) is 6.38. The lowest BCUT2D eigenvalue weighted by atomic mass is 10.1. The van der Waals surface area contributed by atoms with E-state index < -0.39 is 16.0 Å². The normalized spacial score (nSPS) is 12.1. The van der Waals surface area contributed by atoms with Gasteiger partial charge in [0.2, 0.25) is 0 Å². The number of hydrogen-bond acceptors (Lipinski definition) is 3. The van der Waals surface area contributed by atoms with E-state index in [1.165, 1.54) is 10.4 Å². The molecule has 5 nitrogen and oxygen atoms in total. The maximum Gasteiger partial charge on any atom is 0.279 e. The number of nitrogens with two attached hydrogens (primary N) is 1. The van der Waals surface area contributed by atoms with Crippen molar-refractivity contribution in [1.82, 2.24) is 9.03 Å². The van der Waals surface area contributed by atoms with Crippen LogP contribution in [0, 0.1) is 5.82 Å². The van der Waals surface area contributed by atoms with Crippen molar-refractivity contribution in [1.29, 1.82) is 0 Å². The van der Waals surface area contributed by atoms with Crippen LogP contribution in [-0.2, 0) is 23.3 Å². The van der Waals surface area contributed by atoms with Gasteiger partial charge in [-0.25, -0.2) is 4.39 Å². The highest BCUT2D eigenvalue weighted by atomic mass is 32.2. The van der Waals surface area contributed by atoms with Crippen LogP contribution in [0.5, 0.6) is 0 Å². The molecule has 0 aliphatic carbocycles. The minimum Gasteiger partial charge on any atom is -0.326 e. The van der Waals surface area contributed by atoms with Crippen LogP contribution in [0.25, 0.3) is 0 Å². The molecule has 0 fully saturated rings. The predicted molar refractivity (Wildman–Crippen MR) is 73.0 cm³/mol. The van der Waals surface area contributed by atoms with E-state index in [4.69, 9.17) is 5.73 Å². The molecule has 1 aromatic rings. The fourth-order valence-electron chi connectivity index (χ4n) is 1.68. The Hall–Kier alpha value is -1.02. The summed E-state index contributed by atoms with van der Waals surface area (Å²) < 4.78 is 41.1. The van der Waals surface area contributed by atoms with Crippen LogP contribution in [0.15, 0.2) is 18.2 Å². The minimum absolute atomic E-state index is 0.0739. The molecule has 0 aliphatic heterocycles. The molecule has 0 heterocycles. The van der Waals surface area contributed by atoms with E-state index in [1.807, 2.05) is 0 Å². The maximum absolute atomic E-state index is 13.7. The summed E-state index contributed by atoms with van der Waals surface area (Å²) in [7, 11) is -3.56. The van der Waals surface area contributed by atoms with Gasteiger partial charge in [-0.2, -0.15) is 17.4 Å². The van der Waals surface area contributed by atoms with Crippen LogP contribution in [0.2, 0.25) is 0 Å². The molecule has 0 spiro atoms. The molecule has 1 aromatic carbocycles. The largest absolute Gasteiger partial charge is 0.326 e. The first-order chi connectivity index (χ1) is 8.94. The van der Waals surface area contributed by atoms with Crippen LogP contribution in [0.4, 0.5) is 4.39 Å². The van der Waals surface area contributed by atoms with Crippen LogP contribution in [-0.4, -0.2) is 25.8 Å². The van der Waals surface area contributed by atoms with Crippen LogP contribution < -0.4 is 10.5 Å². The zero-order chi connectivity index (χ0) is 14.5. The van der Waals surface area contributed by atoms with Crippen LogP contribution in [0.1, 0.15) is 25.0 Å². The van der Waals surface area contributed by atoms with Gasteiger partial charge in [0, 0.05) is 31.7 Å². The molecule has 1 rings (SSSR count). The van der Waals surface area contributed by atoms with E-state index in [0.29, 0.717) is 24.2 Å². The molecular formula is C12H20FN3O2S. The summed E-state index contributed by atoms with van der Waals surface area (Å²) in [4.78, 5) is 0. The highest BCUT2D eigenvalue weighted by Gasteiger charge is 2.18. The summed E-state index contributed by atoms with van der Waals surface area (Å²) in [6.07, 6.45) is 0. The first kappa shape index (κ1) is 16.0. The molecule has 3 N–H and O–H groups in total. The van der Waals surface area contributed by atoms with E-state index in [1.54, 1.807) is 26.0 Å². The summed E-state index contributed by atoms with van der Waals surface area (Å²) in [5, 5.41) is 0. The van der Waals surface area contributed by atoms with Gasteiger partial charge in [-0.1, -0.05) is 26.0 Å². The van der Waals surface area contributed by atoms with Gasteiger partial charge in [0.15, 0.2) is 0 Å². The number of benzene rings is 1. The van der Waals surface area contributed by atoms with Crippen LogP contribution in [0.3, 0.4) is 0 Å². The van der Waals surface area contributed by atoms with Crippen molar-refractivity contribution in [3.8, 4) is 0 Å². The van der Waals surface area contributed by atoms with Crippen molar-refractivity contribution in [2.45, 2.75) is 26.9 Å². The van der Waals surface area contributed by atoms with Crippen LogP contribution >= 0.6 is 0 Å². The van der Waals surface area contributed by atoms with Crippen molar-refractivity contribution in [2.24, 2.45) is 5.73 Å². The number of nitrogens with one attached hydrogen (secondary N) is 1. The van der Waals surface area contributed by atoms with Gasteiger partial charge >= 0.3 is 0 Å². The zero-order valence-electron chi connectivity index (χ0n) is 11.2. The van der Waals surface area contributed by atoms with E-state index in [9.17, 15) is 12.8 Å². The second kappa shape index (κ2) is 6.95. The third-order valence-electron chi connectivity index (χ3n) is 2.84. The Morgan fingerprint density at radius 1 is 1.32 bits per heavy atom. The SMILES string of the molecule is CCN(CC)S(=O)(=O)NCc1ccc(CN)cc1F. The molecule has 108 valence electrons. The van der Waals surface area contributed by atoms with E-state index in [-0.39, 0.29) is 13.1 Å². The number of hydrogen-bond donors (Lipinski definition) is 2. The van der Waals surface area contributed by atoms with E-state index in [2.05, 4.69) is 4.72 Å². The van der Waals surface area contributed by atoms with Crippen molar-refractivity contribution >= 4 is 10.2 Å². The second-order valence-corrected chi connectivity index (χ2v) is 5.80. The topological polar surface area (TPSA) is 75.4 Å². The molecule has 0 bridgehead atoms. The predicted octanol–water partition coefficient (Wildman–Crippen LogP) is 0.961. The molecule has 7 heteroatoms. The third-order valence-corrected chi connectivity index (χ3v) is 4.55. The molecule has 0 saturated carbocycles. The van der Waals surface area contributed by atoms with Gasteiger partial charge in [-0.05, 0) is 11.6 Å². The fourth-order valence-corrected chi connectivity index (χ4v) is 2.89. The van der Waals surface area contributed by atoms with Gasteiger partial charge in [0.1, 0.15) is 5.82 Å². The lowest BCUT2D eigenvalue weighted by Crippen LogP contribution is -2.40. The van der Waals surface area contributed by atoms with Gasteiger partial charge in [-0.3, -0.25) is 0 Å². The smallest absolute Gasteiger partial charge is 0.279 e. The Balaban J connectivity index is 2.77. The molecule has 0 amide bonds. The quantitative estimate of drug-likeness (QED) is 0.785. The minimum atomic E-state index is -3.56. The first-order valence-electron chi connectivity index (χ1n) is 6.16. The highest BCUT2D eigenvalue weighted by molar-refractivity contribution is 7.87. The second-order valence-electron chi connectivity index (χ2n) is 4.04. The molecule has 0 atom stereocenters. The standard InChI is InChI=1S/C12H20FN3O2S/c1-3-16(4-2)19(17,18)15-9-11-6-5-10(8-14)7-12(11)13/h5-7,15H,3-4,8-9,14H2,1-2H3. The molecule has 0 saturated heterocycles. The van der Waals surface area contributed by atoms with Gasteiger partial charge in [-0.15, -0.1) is 0 Å². The molecule has 0 radical (unpaired) electrons. The third kappa shape index (κ3) is 4.24. The lowest BCUT2D eigenvalue weighted by molar-refractivity contribution is 0.434. The fraction of sp³-hybridized carbons (Fsp3) is 0.500. The Kier molecular flexibility index (Phi) is 5.86. The molecule has 0 aromatic heterocycles. The Labute approximate surface area is 113 Å². The zero-order valence-corrected chi connectivity index (χ0v) is 12.0. The first-order valence-corrected chi connectivity index (χ1v) is 7.60. The number of nitrogens with zero attached hydrogens (tertiary/aromatic N) is 1. The summed E-state index contributed by atoms with van der Waals surface area (Å²) in [6.45, 7) is 4.43. The summed E-state index contributed by atoms with van der Waals surface area (Å²) in [5.74, 6) is -0.454. The van der Waals surface area contributed by atoms with E-state index >= 15 is 0 Å². The molecule has 19 heavy (non-hydrogen) atoms. The van der Waals surface area contributed by atoms with Crippen molar-refractivity contribution in [3.63, 3.8) is 0 Å². The van der Waals surface area contributed by atoms with Crippen molar-refractivity contribution in [2.75, 3.05) is 13.1 Å². The summed E-state index contributed by atoms with van der Waals surface area (Å²) >= 11 is 0. The van der Waals surface area contributed by atoms with Gasteiger partial charge in [0.25, 0.3) is 10.2 Å². The Morgan fingerprint density at radius 3 is 2.42 bits per heavy atom. The summed E-state index contributed by atoms with van der Waals surface area (Å²) in [6, 6.07) is 4.55. The average Bonchev–Trinajstić information content (AvgIpc) is 2.38. The average molecular weight is 289 g/mol. The monoisotopic (exact) mass is 289 g/mol. The molecular weight excluding hydrogens is 269 g/mol. The van der Waals surface area contributed by atoms with E-state index in [0.717, 1.165) is 0 Å². The highest BCUT2D eigenvalue weighted by Crippen LogP contribution is 2.11. The molecule has 0 unspecified atom stereocenters. The number of halogens is 1. The van der Waals surface area contributed by atoms with Crippen molar-refractivity contribution < 1.29 is 12.8 Å². The Bertz CT molecular complexity index is 516. The van der Waals surface area contributed by atoms with Crippen molar-refractivity contribution in [3.05, 3.63) is 35.1 Å². The molecule has 0 aliphatic rings. The number of rotatable bonds is 7. The maximum atomic E-state index is 13.7. The van der Waals surface area contributed by atoms with Gasteiger partial charge < -0.3 is 5.73 Å². The lowest BCUT2D eigenvalue weighted by Gasteiger charge is -2.19.